The lowest BCUT2D eigenvalue weighted by Crippen LogP contribution is -2.40. The van der Waals surface area contributed by atoms with Gasteiger partial charge in [-0.2, -0.15) is 0 Å². The number of esters is 1. The fourth-order valence-electron chi connectivity index (χ4n) is 5.55. The van der Waals surface area contributed by atoms with Crippen LogP contribution in [0.25, 0.3) is 17.5 Å². The van der Waals surface area contributed by atoms with E-state index in [2.05, 4.69) is 15.2 Å². The van der Waals surface area contributed by atoms with Crippen molar-refractivity contribution >= 4 is 64.2 Å². The normalized spacial score (nSPS) is 14.5. The van der Waals surface area contributed by atoms with Crippen LogP contribution in [0, 0.1) is 10.1 Å². The zero-order valence-corrected chi connectivity index (χ0v) is 30.8. The van der Waals surface area contributed by atoms with Crippen molar-refractivity contribution in [3.05, 3.63) is 124 Å². The third kappa shape index (κ3) is 7.06. The van der Waals surface area contributed by atoms with Crippen LogP contribution in [0.4, 0.5) is 5.69 Å². The number of aromatic nitrogens is 4. The molecule has 0 bridgehead atoms. The van der Waals surface area contributed by atoms with Crippen molar-refractivity contribution in [1.82, 2.24) is 19.3 Å². The molecule has 50 heavy (non-hydrogen) atoms. The Labute approximate surface area is 304 Å². The average Bonchev–Trinajstić information content (AvgIpc) is 3.63. The fraction of sp³-hybridized carbons (Fsp3) is 0.229. The number of nitro groups is 1. The van der Waals surface area contributed by atoms with Gasteiger partial charge >= 0.3 is 5.97 Å². The molecule has 5 aromatic rings. The van der Waals surface area contributed by atoms with Crippen LogP contribution in [0.3, 0.4) is 0 Å². The summed E-state index contributed by atoms with van der Waals surface area (Å²) in [5, 5.41) is 21.8. The van der Waals surface area contributed by atoms with E-state index in [0.717, 1.165) is 27.4 Å². The van der Waals surface area contributed by atoms with Gasteiger partial charge in [0.05, 0.1) is 32.9 Å². The van der Waals surface area contributed by atoms with E-state index in [1.807, 2.05) is 60.2 Å². The SMILES string of the molecule is CCn1c(Sc2ccc([N+](=O)[O-])cc2/C=c2\sc3n(c2=O)[C@@H](c2ccc(SC)cc2)C(C(=O)OC(C)C)=C(C)N=3)nnc1-c1cccc(Cl)c1. The number of ether oxygens (including phenoxy) is 1. The van der Waals surface area contributed by atoms with Crippen molar-refractivity contribution in [3.63, 3.8) is 0 Å². The zero-order chi connectivity index (χ0) is 35.7. The van der Waals surface area contributed by atoms with Gasteiger partial charge in [-0.15, -0.1) is 22.0 Å². The van der Waals surface area contributed by atoms with Crippen molar-refractivity contribution in [1.29, 1.82) is 0 Å². The molecule has 1 aliphatic rings. The summed E-state index contributed by atoms with van der Waals surface area (Å²) in [5.41, 5.74) is 2.16. The number of nitrogens with zero attached hydrogens (tertiary/aromatic N) is 6. The minimum absolute atomic E-state index is 0.133. The van der Waals surface area contributed by atoms with E-state index in [4.69, 9.17) is 16.3 Å². The van der Waals surface area contributed by atoms with Crippen LogP contribution in [0.5, 0.6) is 0 Å². The average molecular weight is 747 g/mol. The van der Waals surface area contributed by atoms with E-state index in [-0.39, 0.29) is 17.4 Å². The number of fused-ring (bicyclic) bond motifs is 1. The molecule has 11 nitrogen and oxygen atoms in total. The van der Waals surface area contributed by atoms with Crippen molar-refractivity contribution in [2.75, 3.05) is 6.26 Å². The summed E-state index contributed by atoms with van der Waals surface area (Å²) >= 11 is 10.3. The Morgan fingerprint density at radius 3 is 2.56 bits per heavy atom. The minimum atomic E-state index is -0.789. The molecule has 3 heterocycles. The van der Waals surface area contributed by atoms with Crippen molar-refractivity contribution in [2.24, 2.45) is 4.99 Å². The molecule has 0 aliphatic carbocycles. The molecule has 1 atom stereocenters. The maximum absolute atomic E-state index is 14.3. The van der Waals surface area contributed by atoms with Gasteiger partial charge in [-0.1, -0.05) is 47.2 Å². The van der Waals surface area contributed by atoms with Gasteiger partial charge in [0.2, 0.25) is 0 Å². The first-order chi connectivity index (χ1) is 24.0. The molecule has 0 saturated heterocycles. The monoisotopic (exact) mass is 746 g/mol. The number of non-ortho nitro benzene ring substituents is 1. The van der Waals surface area contributed by atoms with Crippen molar-refractivity contribution in [3.8, 4) is 11.4 Å². The largest absolute Gasteiger partial charge is 0.459 e. The number of thiazole rings is 1. The van der Waals surface area contributed by atoms with Gasteiger partial charge < -0.3 is 9.30 Å². The predicted octanol–water partition coefficient (Wildman–Crippen LogP) is 6.90. The van der Waals surface area contributed by atoms with Crippen molar-refractivity contribution < 1.29 is 14.5 Å². The molecule has 3 aromatic carbocycles. The topological polar surface area (TPSA) is 135 Å². The predicted molar refractivity (Wildman–Crippen MR) is 197 cm³/mol. The molecule has 0 saturated carbocycles. The number of hydrogen-bond acceptors (Lipinski definition) is 11. The quantitative estimate of drug-likeness (QED) is 0.0648. The van der Waals surface area contributed by atoms with Crippen LogP contribution in [0.15, 0.2) is 103 Å². The third-order valence-electron chi connectivity index (χ3n) is 7.82. The van der Waals surface area contributed by atoms with Gasteiger partial charge in [0, 0.05) is 39.1 Å². The lowest BCUT2D eigenvalue weighted by atomic mass is 9.96. The molecule has 0 amide bonds. The lowest BCUT2D eigenvalue weighted by molar-refractivity contribution is -0.384. The number of rotatable bonds is 10. The van der Waals surface area contributed by atoms with Crippen LogP contribution in [0.2, 0.25) is 5.02 Å². The number of thioether (sulfide) groups is 1. The standard InChI is InChI=1S/C35H31ClN6O5S3/c1-6-40-31(22-8-7-9-24(36)16-22)38-39-35(40)49-27-15-12-25(42(45)46)17-23(27)18-28-32(43)41-30(21-10-13-26(48-5)14-11-21)29(33(44)47-19(2)3)20(4)37-34(41)50-28/h7-19,30H,6H2,1-5H3/b28-18-/t30-/m0/s1. The molecule has 0 N–H and O–H groups in total. The first kappa shape index (κ1) is 35.3. The molecule has 1 aliphatic heterocycles. The molecular weight excluding hydrogens is 716 g/mol. The maximum atomic E-state index is 14.3. The highest BCUT2D eigenvalue weighted by Gasteiger charge is 2.34. The number of allylic oxidation sites excluding steroid dienone is 1. The van der Waals surface area contributed by atoms with E-state index < -0.39 is 22.5 Å². The van der Waals surface area contributed by atoms with E-state index in [0.29, 0.717) is 48.0 Å². The highest BCUT2D eigenvalue weighted by molar-refractivity contribution is 7.99. The number of carbonyl (C=O) groups excluding carboxylic acids is 1. The molecule has 256 valence electrons. The Morgan fingerprint density at radius 1 is 1.14 bits per heavy atom. The van der Waals surface area contributed by atoms with E-state index >= 15 is 0 Å². The van der Waals surface area contributed by atoms with Gasteiger partial charge in [-0.05, 0) is 93.2 Å². The summed E-state index contributed by atoms with van der Waals surface area (Å²) in [5.74, 6) is 0.0750. The molecular formula is C35H31ClN6O5S3. The highest BCUT2D eigenvalue weighted by Crippen LogP contribution is 2.35. The first-order valence-electron chi connectivity index (χ1n) is 15.5. The highest BCUT2D eigenvalue weighted by atomic mass is 35.5. The van der Waals surface area contributed by atoms with Crippen molar-refractivity contribution in [2.45, 2.75) is 61.3 Å². The van der Waals surface area contributed by atoms with Crippen LogP contribution in [-0.2, 0) is 16.1 Å². The van der Waals surface area contributed by atoms with Gasteiger partial charge in [0.15, 0.2) is 15.8 Å². The second kappa shape index (κ2) is 14.8. The Morgan fingerprint density at radius 2 is 1.90 bits per heavy atom. The summed E-state index contributed by atoms with van der Waals surface area (Å²) in [6.07, 6.45) is 3.22. The van der Waals surface area contributed by atoms with Crippen LogP contribution >= 0.6 is 46.5 Å². The number of nitro benzene ring substituents is 1. The van der Waals surface area contributed by atoms with E-state index in [1.165, 1.54) is 28.5 Å². The summed E-state index contributed by atoms with van der Waals surface area (Å²) in [6, 6.07) is 18.7. The third-order valence-corrected chi connectivity index (χ3v) is 10.9. The molecule has 6 rings (SSSR count). The maximum Gasteiger partial charge on any atom is 0.338 e. The second-order valence-electron chi connectivity index (χ2n) is 11.5. The Balaban J connectivity index is 1.49. The minimum Gasteiger partial charge on any atom is -0.459 e. The van der Waals surface area contributed by atoms with E-state index in [1.54, 1.807) is 50.7 Å². The first-order valence-corrected chi connectivity index (χ1v) is 18.8. The second-order valence-corrected chi connectivity index (χ2v) is 14.8. The van der Waals surface area contributed by atoms with Gasteiger partial charge in [0.25, 0.3) is 11.2 Å². The molecule has 0 radical (unpaired) electrons. The number of carbonyl (C=O) groups is 1. The smallest absolute Gasteiger partial charge is 0.338 e. The number of hydrogen-bond donors (Lipinski definition) is 0. The van der Waals surface area contributed by atoms with E-state index in [9.17, 15) is 19.7 Å². The molecule has 0 unspecified atom stereocenters. The van der Waals surface area contributed by atoms with Gasteiger partial charge in [0.1, 0.15) is 0 Å². The summed E-state index contributed by atoms with van der Waals surface area (Å²) < 4.78 is 9.33. The van der Waals surface area contributed by atoms with Crippen LogP contribution in [-0.4, -0.2) is 42.6 Å². The summed E-state index contributed by atoms with van der Waals surface area (Å²) in [7, 11) is 0. The van der Waals surface area contributed by atoms with Gasteiger partial charge in [-0.25, -0.2) is 9.79 Å². The Kier molecular flexibility index (Phi) is 10.4. The molecule has 0 fully saturated rings. The molecule has 15 heteroatoms. The van der Waals surface area contributed by atoms with Gasteiger partial charge in [-0.3, -0.25) is 19.5 Å². The summed E-state index contributed by atoms with van der Waals surface area (Å²) in [6.45, 7) is 7.78. The summed E-state index contributed by atoms with van der Waals surface area (Å²) in [4.78, 5) is 45.9. The van der Waals surface area contributed by atoms with Crippen LogP contribution < -0.4 is 14.9 Å². The fourth-order valence-corrected chi connectivity index (χ4v) is 8.16. The molecule has 2 aromatic heterocycles. The Hall–Kier alpha value is -4.50. The zero-order valence-electron chi connectivity index (χ0n) is 27.6. The lowest BCUT2D eigenvalue weighted by Gasteiger charge is -2.25. The number of halogens is 1. The molecule has 0 spiro atoms. The van der Waals surface area contributed by atoms with Crippen LogP contribution in [0.1, 0.15) is 44.9 Å². The number of benzene rings is 3. The Bertz CT molecular complexity index is 2350.